The van der Waals surface area contributed by atoms with Crippen molar-refractivity contribution in [2.24, 2.45) is 10.9 Å². The van der Waals surface area contributed by atoms with Gasteiger partial charge in [-0.3, -0.25) is 0 Å². The Hall–Kier alpha value is -1.60. The topological polar surface area (TPSA) is 96.0 Å². The summed E-state index contributed by atoms with van der Waals surface area (Å²) in [5.74, 6) is 0.271. The lowest BCUT2D eigenvalue weighted by atomic mass is 10.1. The van der Waals surface area contributed by atoms with Gasteiger partial charge in [0.25, 0.3) is 0 Å². The third-order valence-electron chi connectivity index (χ3n) is 2.84. The highest BCUT2D eigenvalue weighted by Gasteiger charge is 2.06. The Morgan fingerprint density at radius 2 is 2.15 bits per heavy atom. The van der Waals surface area contributed by atoms with Gasteiger partial charge in [-0.05, 0) is 31.6 Å². The molecule has 0 spiro atoms. The molecule has 0 saturated carbocycles. The summed E-state index contributed by atoms with van der Waals surface area (Å²) in [6.07, 6.45) is 1.85. The average molecular weight is 299 g/mol. The van der Waals surface area contributed by atoms with E-state index in [1.54, 1.807) is 6.07 Å². The standard InChI is InChI=1S/C13H21N3O3S/c1-16(7-4-8-20(2,18)19)10-11-5-3-6-12(9-11)13(14)15-17/h3,5-6,9,17H,4,7-8,10H2,1-2H3,(H2,14,15). The second kappa shape index (κ2) is 7.25. The number of benzene rings is 1. The third kappa shape index (κ3) is 6.03. The summed E-state index contributed by atoms with van der Waals surface area (Å²) in [6, 6.07) is 7.40. The van der Waals surface area contributed by atoms with Crippen molar-refractivity contribution >= 4 is 15.7 Å². The van der Waals surface area contributed by atoms with E-state index in [1.165, 1.54) is 6.26 Å². The molecule has 6 nitrogen and oxygen atoms in total. The van der Waals surface area contributed by atoms with Crippen LogP contribution in [0.2, 0.25) is 0 Å². The summed E-state index contributed by atoms with van der Waals surface area (Å²) in [5.41, 5.74) is 7.23. The molecule has 1 aromatic rings. The minimum absolute atomic E-state index is 0.0755. The minimum Gasteiger partial charge on any atom is -0.409 e. The van der Waals surface area contributed by atoms with Gasteiger partial charge in [-0.15, -0.1) is 0 Å². The molecule has 7 heteroatoms. The van der Waals surface area contributed by atoms with E-state index in [0.29, 0.717) is 25.1 Å². The first-order chi connectivity index (χ1) is 9.31. The Kier molecular flexibility index (Phi) is 5.97. The Labute approximate surface area is 119 Å². The van der Waals surface area contributed by atoms with Gasteiger partial charge in [-0.1, -0.05) is 23.4 Å². The number of rotatable bonds is 7. The van der Waals surface area contributed by atoms with Crippen molar-refractivity contribution in [2.45, 2.75) is 13.0 Å². The van der Waals surface area contributed by atoms with E-state index < -0.39 is 9.84 Å². The van der Waals surface area contributed by atoms with Gasteiger partial charge in [0.15, 0.2) is 5.84 Å². The molecule has 0 saturated heterocycles. The van der Waals surface area contributed by atoms with Crippen molar-refractivity contribution < 1.29 is 13.6 Å². The first-order valence-electron chi connectivity index (χ1n) is 6.25. The molecule has 0 atom stereocenters. The van der Waals surface area contributed by atoms with Crippen molar-refractivity contribution in [3.8, 4) is 0 Å². The van der Waals surface area contributed by atoms with Crippen molar-refractivity contribution in [2.75, 3.05) is 25.6 Å². The Morgan fingerprint density at radius 1 is 1.45 bits per heavy atom. The van der Waals surface area contributed by atoms with Gasteiger partial charge in [0, 0.05) is 18.4 Å². The predicted molar refractivity (Wildman–Crippen MR) is 79.6 cm³/mol. The lowest BCUT2D eigenvalue weighted by molar-refractivity contribution is 0.318. The first-order valence-corrected chi connectivity index (χ1v) is 8.31. The van der Waals surface area contributed by atoms with Gasteiger partial charge in [0.2, 0.25) is 0 Å². The molecule has 1 aromatic carbocycles. The molecule has 112 valence electrons. The Balaban J connectivity index is 2.56. The van der Waals surface area contributed by atoms with Crippen LogP contribution in [0.4, 0.5) is 0 Å². The van der Waals surface area contributed by atoms with Crippen LogP contribution in [0.5, 0.6) is 0 Å². The SMILES string of the molecule is CN(CCCS(C)(=O)=O)Cc1cccc(C(N)=NO)c1. The quantitative estimate of drug-likeness (QED) is 0.333. The molecule has 0 aliphatic heterocycles. The van der Waals surface area contributed by atoms with E-state index in [0.717, 1.165) is 5.56 Å². The molecule has 0 bridgehead atoms. The number of nitrogens with zero attached hydrogens (tertiary/aromatic N) is 2. The van der Waals surface area contributed by atoms with Crippen molar-refractivity contribution in [3.63, 3.8) is 0 Å². The fourth-order valence-electron chi connectivity index (χ4n) is 1.87. The Bertz CT molecular complexity index is 570. The van der Waals surface area contributed by atoms with E-state index in [4.69, 9.17) is 10.9 Å². The number of oxime groups is 1. The van der Waals surface area contributed by atoms with Crippen LogP contribution < -0.4 is 5.73 Å². The summed E-state index contributed by atoms with van der Waals surface area (Å²) >= 11 is 0. The molecule has 20 heavy (non-hydrogen) atoms. The molecule has 3 N–H and O–H groups in total. The number of sulfone groups is 1. The fourth-order valence-corrected chi connectivity index (χ4v) is 2.53. The van der Waals surface area contributed by atoms with Gasteiger partial charge < -0.3 is 15.8 Å². The highest BCUT2D eigenvalue weighted by molar-refractivity contribution is 7.90. The van der Waals surface area contributed by atoms with Gasteiger partial charge >= 0.3 is 0 Å². The fraction of sp³-hybridized carbons (Fsp3) is 0.462. The predicted octanol–water partition coefficient (Wildman–Crippen LogP) is 0.648. The molecule has 0 amide bonds. The summed E-state index contributed by atoms with van der Waals surface area (Å²) < 4.78 is 22.1. The molecular weight excluding hydrogens is 278 g/mol. The van der Waals surface area contributed by atoms with Gasteiger partial charge in [-0.2, -0.15) is 0 Å². The van der Waals surface area contributed by atoms with Crippen LogP contribution in [0.25, 0.3) is 0 Å². The zero-order chi connectivity index (χ0) is 15.2. The van der Waals surface area contributed by atoms with Gasteiger partial charge in [-0.25, -0.2) is 8.42 Å². The van der Waals surface area contributed by atoms with E-state index in [-0.39, 0.29) is 11.6 Å². The van der Waals surface area contributed by atoms with Crippen LogP contribution in [0, 0.1) is 0 Å². The minimum atomic E-state index is -2.90. The monoisotopic (exact) mass is 299 g/mol. The van der Waals surface area contributed by atoms with Crippen molar-refractivity contribution in [1.82, 2.24) is 4.90 Å². The number of amidine groups is 1. The number of hydrogen-bond donors (Lipinski definition) is 2. The Morgan fingerprint density at radius 3 is 2.75 bits per heavy atom. The van der Waals surface area contributed by atoms with Crippen LogP contribution in [0.3, 0.4) is 0 Å². The smallest absolute Gasteiger partial charge is 0.170 e. The zero-order valence-corrected chi connectivity index (χ0v) is 12.6. The van der Waals surface area contributed by atoms with Gasteiger partial charge in [0.1, 0.15) is 9.84 Å². The number of hydrogen-bond acceptors (Lipinski definition) is 5. The second-order valence-corrected chi connectivity index (χ2v) is 7.17. The van der Waals surface area contributed by atoms with Gasteiger partial charge in [0.05, 0.1) is 5.75 Å². The highest BCUT2D eigenvalue weighted by Crippen LogP contribution is 2.08. The summed E-state index contributed by atoms with van der Waals surface area (Å²) in [7, 11) is -0.972. The van der Waals surface area contributed by atoms with Crippen LogP contribution in [0.15, 0.2) is 29.4 Å². The van der Waals surface area contributed by atoms with Crippen LogP contribution in [0.1, 0.15) is 17.5 Å². The van der Waals surface area contributed by atoms with E-state index in [2.05, 4.69) is 5.16 Å². The molecule has 0 aliphatic carbocycles. The first kappa shape index (κ1) is 16.5. The zero-order valence-electron chi connectivity index (χ0n) is 11.8. The van der Waals surface area contributed by atoms with E-state index in [1.807, 2.05) is 30.1 Å². The molecule has 0 aliphatic rings. The van der Waals surface area contributed by atoms with E-state index >= 15 is 0 Å². The maximum absolute atomic E-state index is 11.1. The second-order valence-electron chi connectivity index (χ2n) is 4.91. The van der Waals surface area contributed by atoms with Crippen molar-refractivity contribution in [3.05, 3.63) is 35.4 Å². The average Bonchev–Trinajstić information content (AvgIpc) is 2.36. The molecule has 0 unspecified atom stereocenters. The summed E-state index contributed by atoms with van der Waals surface area (Å²) in [4.78, 5) is 2.04. The maximum atomic E-state index is 11.1. The van der Waals surface area contributed by atoms with Crippen LogP contribution in [-0.2, 0) is 16.4 Å². The molecule has 0 aromatic heterocycles. The maximum Gasteiger partial charge on any atom is 0.170 e. The lowest BCUT2D eigenvalue weighted by Crippen LogP contribution is -2.21. The third-order valence-corrected chi connectivity index (χ3v) is 3.87. The number of nitrogens with two attached hydrogens (primary N) is 1. The molecule has 1 rings (SSSR count). The molecule has 0 radical (unpaired) electrons. The largest absolute Gasteiger partial charge is 0.409 e. The van der Waals surface area contributed by atoms with Crippen molar-refractivity contribution in [1.29, 1.82) is 0 Å². The molecular formula is C13H21N3O3S. The van der Waals surface area contributed by atoms with Crippen LogP contribution in [-0.4, -0.2) is 50.0 Å². The summed E-state index contributed by atoms with van der Waals surface area (Å²) in [5, 5.41) is 11.6. The summed E-state index contributed by atoms with van der Waals surface area (Å²) in [6.45, 7) is 1.37. The normalized spacial score (nSPS) is 12.8. The molecule has 0 fully saturated rings. The molecule has 0 heterocycles. The highest BCUT2D eigenvalue weighted by atomic mass is 32.2. The van der Waals surface area contributed by atoms with E-state index in [9.17, 15) is 8.42 Å². The lowest BCUT2D eigenvalue weighted by Gasteiger charge is -2.16. The van der Waals surface area contributed by atoms with Crippen LogP contribution >= 0.6 is 0 Å².